The van der Waals surface area contributed by atoms with Crippen LogP contribution in [0.15, 0.2) is 22.3 Å². The van der Waals surface area contributed by atoms with Crippen molar-refractivity contribution in [1.29, 1.82) is 0 Å². The maximum absolute atomic E-state index is 13.4. The number of alkyl halides is 2. The number of nitrogens with two attached hydrogens (primary N) is 1. The van der Waals surface area contributed by atoms with Crippen molar-refractivity contribution in [2.75, 3.05) is 0 Å². The molecule has 5 heteroatoms. The number of primary amides is 1. The van der Waals surface area contributed by atoms with Gasteiger partial charge >= 0.3 is 5.92 Å². The van der Waals surface area contributed by atoms with Gasteiger partial charge in [-0.1, -0.05) is 17.2 Å². The van der Waals surface area contributed by atoms with Gasteiger partial charge in [-0.25, -0.2) is 0 Å². The number of carbonyl (C=O) groups excluding carboxylic acids is 1. The van der Waals surface area contributed by atoms with Gasteiger partial charge < -0.3 is 5.73 Å². The Labute approximate surface area is 97.1 Å². The maximum atomic E-state index is 13.4. The van der Waals surface area contributed by atoms with E-state index in [1.165, 1.54) is 0 Å². The van der Waals surface area contributed by atoms with E-state index in [1.807, 2.05) is 0 Å². The number of hydrogen-bond donors (Lipinski definition) is 1. The van der Waals surface area contributed by atoms with Crippen LogP contribution in [0.3, 0.4) is 0 Å². The van der Waals surface area contributed by atoms with Crippen molar-refractivity contribution in [2.24, 2.45) is 11.7 Å². The summed E-state index contributed by atoms with van der Waals surface area (Å²) in [5.41, 5.74) is 6.58. The largest absolute Gasteiger partial charge is 0.364 e. The van der Waals surface area contributed by atoms with E-state index in [4.69, 9.17) is 17.3 Å². The molecule has 2 nitrogen and oxygen atoms in total. The first-order valence-corrected chi connectivity index (χ1v) is 5.53. The summed E-state index contributed by atoms with van der Waals surface area (Å²) in [5.74, 6) is -5.95. The van der Waals surface area contributed by atoms with Crippen LogP contribution in [-0.2, 0) is 4.79 Å². The Morgan fingerprint density at radius 2 is 2.12 bits per heavy atom. The molecule has 2 aliphatic carbocycles. The van der Waals surface area contributed by atoms with Crippen LogP contribution < -0.4 is 5.73 Å². The van der Waals surface area contributed by atoms with Gasteiger partial charge in [-0.2, -0.15) is 8.78 Å². The molecule has 2 N–H and O–H groups in total. The van der Waals surface area contributed by atoms with Crippen LogP contribution in [0.4, 0.5) is 8.78 Å². The molecule has 2 aliphatic rings. The molecular weight excluding hydrogens is 236 g/mol. The van der Waals surface area contributed by atoms with Crippen molar-refractivity contribution in [3.05, 3.63) is 22.3 Å². The molecule has 0 heterocycles. The second-order valence-electron chi connectivity index (χ2n) is 4.31. The minimum absolute atomic E-state index is 0.196. The lowest BCUT2D eigenvalue weighted by Crippen LogP contribution is -2.41. The van der Waals surface area contributed by atoms with Gasteiger partial charge in [0, 0.05) is 11.0 Å². The van der Waals surface area contributed by atoms with E-state index < -0.39 is 17.7 Å². The Morgan fingerprint density at radius 3 is 2.75 bits per heavy atom. The molecule has 0 radical (unpaired) electrons. The van der Waals surface area contributed by atoms with Crippen molar-refractivity contribution in [1.82, 2.24) is 0 Å². The number of halogens is 3. The fourth-order valence-corrected chi connectivity index (χ4v) is 2.55. The van der Waals surface area contributed by atoms with Crippen molar-refractivity contribution >= 4 is 17.5 Å². The van der Waals surface area contributed by atoms with Crippen LogP contribution in [0.5, 0.6) is 0 Å². The van der Waals surface area contributed by atoms with Gasteiger partial charge in [-0.15, -0.1) is 0 Å². The van der Waals surface area contributed by atoms with Gasteiger partial charge in [0.25, 0.3) is 5.91 Å². The van der Waals surface area contributed by atoms with Crippen LogP contribution in [0.2, 0.25) is 0 Å². The highest BCUT2D eigenvalue weighted by Gasteiger charge is 2.48. The van der Waals surface area contributed by atoms with E-state index in [0.717, 1.165) is 17.6 Å². The maximum Gasteiger partial charge on any atom is 0.327 e. The summed E-state index contributed by atoms with van der Waals surface area (Å²) in [4.78, 5) is 10.7. The zero-order valence-electron chi connectivity index (χ0n) is 8.60. The molecule has 0 saturated heterocycles. The summed E-state index contributed by atoms with van der Waals surface area (Å²) in [5, 5.41) is 0.696. The van der Waals surface area contributed by atoms with E-state index in [0.29, 0.717) is 11.5 Å². The highest BCUT2D eigenvalue weighted by atomic mass is 35.5. The first kappa shape index (κ1) is 11.6. The molecule has 0 aromatic rings. The SMILES string of the molecule is NC(=O)C(F)(F)C1CC2=C(CCC(Cl)=C2)C1. The molecule has 0 bridgehead atoms. The van der Waals surface area contributed by atoms with Crippen LogP contribution >= 0.6 is 11.6 Å². The lowest BCUT2D eigenvalue weighted by molar-refractivity contribution is -0.149. The highest BCUT2D eigenvalue weighted by molar-refractivity contribution is 6.29. The fraction of sp³-hybridized carbons (Fsp3) is 0.545. The van der Waals surface area contributed by atoms with Gasteiger partial charge in [0.15, 0.2) is 0 Å². The molecule has 88 valence electrons. The standard InChI is InChI=1S/C11H12ClF2NO/c12-9-2-1-6-3-8(4-7(6)5-9)11(13,14)10(15)16/h5,8H,1-4H2,(H2,15,16). The molecule has 0 spiro atoms. The van der Waals surface area contributed by atoms with Crippen molar-refractivity contribution in [3.63, 3.8) is 0 Å². The van der Waals surface area contributed by atoms with E-state index in [-0.39, 0.29) is 12.8 Å². The summed E-state index contributed by atoms with van der Waals surface area (Å²) >= 11 is 5.86. The van der Waals surface area contributed by atoms with E-state index in [9.17, 15) is 13.6 Å². The number of amides is 1. The van der Waals surface area contributed by atoms with E-state index >= 15 is 0 Å². The molecule has 0 aromatic carbocycles. The van der Waals surface area contributed by atoms with Crippen LogP contribution in [-0.4, -0.2) is 11.8 Å². The summed E-state index contributed by atoms with van der Waals surface area (Å²) in [6, 6.07) is 0. The van der Waals surface area contributed by atoms with E-state index in [1.54, 1.807) is 6.08 Å². The zero-order valence-corrected chi connectivity index (χ0v) is 9.36. The quantitative estimate of drug-likeness (QED) is 0.801. The second kappa shape index (κ2) is 3.84. The van der Waals surface area contributed by atoms with Gasteiger partial charge in [-0.3, -0.25) is 4.79 Å². The molecule has 0 aromatic heterocycles. The topological polar surface area (TPSA) is 43.1 Å². The van der Waals surface area contributed by atoms with Crippen LogP contribution in [0.25, 0.3) is 0 Å². The normalized spacial score (nSPS) is 25.4. The number of carbonyl (C=O) groups is 1. The third-order valence-electron chi connectivity index (χ3n) is 3.25. The molecule has 0 aliphatic heterocycles. The molecule has 16 heavy (non-hydrogen) atoms. The van der Waals surface area contributed by atoms with Crippen molar-refractivity contribution in [2.45, 2.75) is 31.6 Å². The first-order chi connectivity index (χ1) is 7.41. The minimum atomic E-state index is -3.42. The molecule has 1 amide bonds. The third kappa shape index (κ3) is 1.86. The monoisotopic (exact) mass is 247 g/mol. The van der Waals surface area contributed by atoms with Gasteiger partial charge in [0.1, 0.15) is 0 Å². The Kier molecular flexibility index (Phi) is 2.78. The first-order valence-electron chi connectivity index (χ1n) is 5.16. The third-order valence-corrected chi connectivity index (χ3v) is 3.55. The zero-order chi connectivity index (χ0) is 11.9. The van der Waals surface area contributed by atoms with Crippen molar-refractivity contribution < 1.29 is 13.6 Å². The summed E-state index contributed by atoms with van der Waals surface area (Å²) in [6.45, 7) is 0. The Bertz CT molecular complexity index is 401. The molecule has 0 saturated carbocycles. The second-order valence-corrected chi connectivity index (χ2v) is 4.80. The van der Waals surface area contributed by atoms with E-state index in [2.05, 4.69) is 0 Å². The molecule has 0 fully saturated rings. The lowest BCUT2D eigenvalue weighted by atomic mass is 9.96. The van der Waals surface area contributed by atoms with Crippen LogP contribution in [0, 0.1) is 5.92 Å². The number of hydrogen-bond acceptors (Lipinski definition) is 1. The van der Waals surface area contributed by atoms with Gasteiger partial charge in [-0.05, 0) is 37.3 Å². The molecule has 1 unspecified atom stereocenters. The number of allylic oxidation sites excluding steroid dienone is 4. The molecular formula is C11H12ClF2NO. The van der Waals surface area contributed by atoms with Crippen molar-refractivity contribution in [3.8, 4) is 0 Å². The Balaban J connectivity index is 2.15. The molecule has 1 atom stereocenters. The summed E-state index contributed by atoms with van der Waals surface area (Å²) in [7, 11) is 0. The average Bonchev–Trinajstić information content (AvgIpc) is 2.60. The lowest BCUT2D eigenvalue weighted by Gasteiger charge is -2.19. The highest BCUT2D eigenvalue weighted by Crippen LogP contribution is 2.45. The summed E-state index contributed by atoms with van der Waals surface area (Å²) in [6.07, 6.45) is 3.62. The molecule has 2 rings (SSSR count). The predicted molar refractivity (Wildman–Crippen MR) is 57.1 cm³/mol. The number of rotatable bonds is 2. The smallest absolute Gasteiger partial charge is 0.327 e. The van der Waals surface area contributed by atoms with Crippen LogP contribution in [0.1, 0.15) is 25.7 Å². The average molecular weight is 248 g/mol. The van der Waals surface area contributed by atoms with Gasteiger partial charge in [0.05, 0.1) is 0 Å². The fourth-order valence-electron chi connectivity index (χ4n) is 2.32. The predicted octanol–water partition coefficient (Wildman–Crippen LogP) is 2.73. The minimum Gasteiger partial charge on any atom is -0.364 e. The van der Waals surface area contributed by atoms with Gasteiger partial charge in [0.2, 0.25) is 0 Å². The Morgan fingerprint density at radius 1 is 1.44 bits per heavy atom. The Hall–Kier alpha value is -0.900. The summed E-state index contributed by atoms with van der Waals surface area (Å²) < 4.78 is 26.9.